The maximum atomic E-state index is 11.9. The topological polar surface area (TPSA) is 87.8 Å². The Kier molecular flexibility index (Phi) is 4.08. The van der Waals surface area contributed by atoms with E-state index in [-0.39, 0.29) is 11.6 Å². The van der Waals surface area contributed by atoms with Crippen LogP contribution in [0.5, 0.6) is 0 Å². The Balaban J connectivity index is 2.97. The van der Waals surface area contributed by atoms with Crippen LogP contribution in [0.25, 0.3) is 0 Å². The van der Waals surface area contributed by atoms with Crippen molar-refractivity contribution in [2.75, 3.05) is 13.1 Å². The average Bonchev–Trinajstić information content (AvgIpc) is 2.69. The second-order valence-electron chi connectivity index (χ2n) is 3.16. The number of aliphatic carboxylic acids is 1. The molecule has 0 aromatic carbocycles. The van der Waals surface area contributed by atoms with E-state index in [9.17, 15) is 13.2 Å². The smallest absolute Gasteiger partial charge is 0.318 e. The molecule has 0 aliphatic rings. The molecule has 1 N–H and O–H groups in total. The van der Waals surface area contributed by atoms with E-state index < -0.39 is 22.5 Å². The highest BCUT2D eigenvalue weighted by molar-refractivity contribution is 7.89. The van der Waals surface area contributed by atoms with Crippen LogP contribution in [0, 0.1) is 0 Å². The van der Waals surface area contributed by atoms with Gasteiger partial charge < -0.3 is 9.52 Å². The highest BCUT2D eigenvalue weighted by Crippen LogP contribution is 2.15. The number of rotatable bonds is 6. The molecule has 0 bridgehead atoms. The summed E-state index contributed by atoms with van der Waals surface area (Å²) in [5, 5.41) is 8.40. The minimum Gasteiger partial charge on any atom is -0.480 e. The number of sulfonamides is 1. The molecule has 1 heterocycles. The minimum atomic E-state index is -3.83. The van der Waals surface area contributed by atoms with Gasteiger partial charge in [0.05, 0.1) is 6.26 Å². The van der Waals surface area contributed by atoms with Crippen LogP contribution in [0.3, 0.4) is 0 Å². The summed E-state index contributed by atoms with van der Waals surface area (Å²) >= 11 is 0. The highest BCUT2D eigenvalue weighted by atomic mass is 32.2. The van der Waals surface area contributed by atoms with Crippen LogP contribution in [-0.4, -0.2) is 36.9 Å². The van der Waals surface area contributed by atoms with Gasteiger partial charge in [-0.15, -0.1) is 0 Å². The molecule has 1 aromatic rings. The number of carbonyl (C=O) groups is 1. The molecule has 1 rings (SSSR count). The summed E-state index contributed by atoms with van der Waals surface area (Å²) < 4.78 is 29.4. The van der Waals surface area contributed by atoms with E-state index in [1.165, 1.54) is 18.4 Å². The molecular formula is C9H13NO5S. The van der Waals surface area contributed by atoms with Gasteiger partial charge in [0.25, 0.3) is 10.0 Å². The standard InChI is InChI=1S/C9H13NO5S/c1-2-5-10(7-8(11)12)16(13,14)9-4-3-6-15-9/h3-4,6H,2,5,7H2,1H3,(H,11,12). The highest BCUT2D eigenvalue weighted by Gasteiger charge is 2.27. The third-order valence-corrected chi connectivity index (χ3v) is 3.61. The monoisotopic (exact) mass is 247 g/mol. The van der Waals surface area contributed by atoms with Crippen molar-refractivity contribution in [1.82, 2.24) is 4.31 Å². The molecule has 6 nitrogen and oxygen atoms in total. The van der Waals surface area contributed by atoms with Crippen LogP contribution in [-0.2, 0) is 14.8 Å². The van der Waals surface area contributed by atoms with Gasteiger partial charge in [-0.2, -0.15) is 4.31 Å². The van der Waals surface area contributed by atoms with Crippen LogP contribution >= 0.6 is 0 Å². The first-order chi connectivity index (χ1) is 7.48. The molecule has 0 amide bonds. The normalized spacial score (nSPS) is 11.9. The molecule has 0 spiro atoms. The molecule has 1 aromatic heterocycles. The van der Waals surface area contributed by atoms with Crippen LogP contribution in [0.1, 0.15) is 13.3 Å². The molecule has 7 heteroatoms. The lowest BCUT2D eigenvalue weighted by Gasteiger charge is -2.17. The van der Waals surface area contributed by atoms with Crippen molar-refractivity contribution in [2.45, 2.75) is 18.4 Å². The van der Waals surface area contributed by atoms with E-state index in [1.807, 2.05) is 0 Å². The van der Waals surface area contributed by atoms with Crippen molar-refractivity contribution in [3.8, 4) is 0 Å². The number of hydrogen-bond donors (Lipinski definition) is 1. The summed E-state index contributed by atoms with van der Waals surface area (Å²) in [6.45, 7) is 1.36. The lowest BCUT2D eigenvalue weighted by molar-refractivity contribution is -0.137. The maximum Gasteiger partial charge on any atom is 0.318 e. The predicted octanol–water partition coefficient (Wildman–Crippen LogP) is 0.765. The molecule has 0 fully saturated rings. The fourth-order valence-electron chi connectivity index (χ4n) is 1.22. The first kappa shape index (κ1) is 12.7. The van der Waals surface area contributed by atoms with E-state index in [2.05, 4.69) is 0 Å². The average molecular weight is 247 g/mol. The fraction of sp³-hybridized carbons (Fsp3) is 0.444. The molecule has 16 heavy (non-hydrogen) atoms. The van der Waals surface area contributed by atoms with Crippen molar-refractivity contribution < 1.29 is 22.7 Å². The maximum absolute atomic E-state index is 11.9. The van der Waals surface area contributed by atoms with Crippen molar-refractivity contribution in [2.24, 2.45) is 0 Å². The van der Waals surface area contributed by atoms with Gasteiger partial charge in [0.1, 0.15) is 6.54 Å². The van der Waals surface area contributed by atoms with Crippen LogP contribution in [0.4, 0.5) is 0 Å². The Morgan fingerprint density at radius 2 is 2.25 bits per heavy atom. The quantitative estimate of drug-likeness (QED) is 0.802. The van der Waals surface area contributed by atoms with Crippen molar-refractivity contribution in [3.05, 3.63) is 18.4 Å². The zero-order valence-electron chi connectivity index (χ0n) is 8.79. The predicted molar refractivity (Wildman–Crippen MR) is 55.4 cm³/mol. The number of furan rings is 1. The summed E-state index contributed by atoms with van der Waals surface area (Å²) in [6.07, 6.45) is 1.77. The van der Waals surface area contributed by atoms with E-state index in [4.69, 9.17) is 9.52 Å². The molecule has 0 atom stereocenters. The number of hydrogen-bond acceptors (Lipinski definition) is 4. The van der Waals surface area contributed by atoms with Gasteiger partial charge in [-0.3, -0.25) is 4.79 Å². The van der Waals surface area contributed by atoms with E-state index in [0.29, 0.717) is 6.42 Å². The summed E-state index contributed by atoms with van der Waals surface area (Å²) in [6, 6.07) is 2.73. The summed E-state index contributed by atoms with van der Waals surface area (Å²) in [7, 11) is -3.83. The molecule has 0 saturated carbocycles. The first-order valence-corrected chi connectivity index (χ1v) is 6.18. The third kappa shape index (κ3) is 2.83. The SMILES string of the molecule is CCCN(CC(=O)O)S(=O)(=O)c1ccco1. The minimum absolute atomic E-state index is 0.148. The van der Waals surface area contributed by atoms with Gasteiger partial charge in [0, 0.05) is 6.54 Å². The van der Waals surface area contributed by atoms with Crippen LogP contribution in [0.15, 0.2) is 27.9 Å². The van der Waals surface area contributed by atoms with Crippen LogP contribution < -0.4 is 0 Å². The number of carboxylic acid groups (broad SMARTS) is 1. The number of nitrogens with zero attached hydrogens (tertiary/aromatic N) is 1. The molecule has 0 unspecified atom stereocenters. The van der Waals surface area contributed by atoms with Gasteiger partial charge in [-0.25, -0.2) is 8.42 Å². The second-order valence-corrected chi connectivity index (χ2v) is 5.03. The Labute approximate surface area is 93.5 Å². The van der Waals surface area contributed by atoms with Gasteiger partial charge in [-0.05, 0) is 18.6 Å². The molecule has 0 aliphatic heterocycles. The Bertz CT molecular complexity index is 436. The van der Waals surface area contributed by atoms with Gasteiger partial charge >= 0.3 is 5.97 Å². The Morgan fingerprint density at radius 1 is 1.56 bits per heavy atom. The number of carboxylic acids is 1. The summed E-state index contributed by atoms with van der Waals surface area (Å²) in [4.78, 5) is 10.6. The largest absolute Gasteiger partial charge is 0.480 e. The molecule has 0 saturated heterocycles. The first-order valence-electron chi connectivity index (χ1n) is 4.74. The zero-order valence-corrected chi connectivity index (χ0v) is 9.61. The van der Waals surface area contributed by atoms with E-state index in [1.54, 1.807) is 6.92 Å². The Morgan fingerprint density at radius 3 is 2.69 bits per heavy atom. The second kappa shape index (κ2) is 5.13. The Hall–Kier alpha value is -1.34. The molecule has 90 valence electrons. The zero-order chi connectivity index (χ0) is 12.2. The van der Waals surface area contributed by atoms with Gasteiger partial charge in [-0.1, -0.05) is 6.92 Å². The van der Waals surface area contributed by atoms with Crippen molar-refractivity contribution in [3.63, 3.8) is 0 Å². The lowest BCUT2D eigenvalue weighted by atomic mass is 10.5. The van der Waals surface area contributed by atoms with E-state index >= 15 is 0 Å². The summed E-state index contributed by atoms with van der Waals surface area (Å²) in [5.74, 6) is -1.19. The fourth-order valence-corrected chi connectivity index (χ4v) is 2.61. The third-order valence-electron chi connectivity index (χ3n) is 1.87. The van der Waals surface area contributed by atoms with Gasteiger partial charge in [0.15, 0.2) is 0 Å². The van der Waals surface area contributed by atoms with Gasteiger partial charge in [0.2, 0.25) is 5.09 Å². The van der Waals surface area contributed by atoms with Crippen LogP contribution in [0.2, 0.25) is 0 Å². The lowest BCUT2D eigenvalue weighted by Crippen LogP contribution is -2.36. The van der Waals surface area contributed by atoms with Crippen molar-refractivity contribution in [1.29, 1.82) is 0 Å². The molecule has 0 aliphatic carbocycles. The molecular weight excluding hydrogens is 234 g/mol. The van der Waals surface area contributed by atoms with E-state index in [0.717, 1.165) is 4.31 Å². The van der Waals surface area contributed by atoms with Crippen molar-refractivity contribution >= 4 is 16.0 Å². The molecule has 0 radical (unpaired) electrons. The summed E-state index contributed by atoms with van der Waals surface area (Å²) in [5.41, 5.74) is 0.